The van der Waals surface area contributed by atoms with Crippen LogP contribution < -0.4 is 0 Å². The number of halogens is 2. The van der Waals surface area contributed by atoms with Crippen LogP contribution in [0.4, 0.5) is 4.79 Å². The van der Waals surface area contributed by atoms with Gasteiger partial charge in [-0.1, -0.05) is 29.3 Å². The Hall–Kier alpha value is -1.69. The Balaban J connectivity index is 1.81. The highest BCUT2D eigenvalue weighted by molar-refractivity contribution is 8.18. The fourth-order valence-electron chi connectivity index (χ4n) is 1.96. The summed E-state index contributed by atoms with van der Waals surface area (Å²) in [6.07, 6.45) is 3.06. The zero-order valence-corrected chi connectivity index (χ0v) is 13.4. The van der Waals surface area contributed by atoms with Gasteiger partial charge < -0.3 is 4.42 Å². The highest BCUT2D eigenvalue weighted by Gasteiger charge is 2.35. The van der Waals surface area contributed by atoms with Crippen LogP contribution in [0.5, 0.6) is 0 Å². The van der Waals surface area contributed by atoms with E-state index in [0.29, 0.717) is 20.7 Å². The number of carbonyl (C=O) groups is 2. The lowest BCUT2D eigenvalue weighted by molar-refractivity contribution is -0.123. The molecule has 1 aliphatic heterocycles. The molecule has 1 fully saturated rings. The van der Waals surface area contributed by atoms with Crippen LogP contribution in [0, 0.1) is 0 Å². The van der Waals surface area contributed by atoms with Crippen LogP contribution in [0.2, 0.25) is 10.0 Å². The largest absolute Gasteiger partial charge is 0.465 e. The number of thioether (sulfide) groups is 1. The van der Waals surface area contributed by atoms with Crippen LogP contribution in [0.1, 0.15) is 11.3 Å². The number of amides is 2. The molecule has 0 spiro atoms. The van der Waals surface area contributed by atoms with E-state index in [1.54, 1.807) is 36.4 Å². The Morgan fingerprint density at radius 1 is 1.18 bits per heavy atom. The monoisotopic (exact) mass is 353 g/mol. The molecule has 7 heteroatoms. The molecule has 0 atom stereocenters. The van der Waals surface area contributed by atoms with Crippen LogP contribution in [0.25, 0.3) is 6.08 Å². The molecule has 1 aromatic carbocycles. The summed E-state index contributed by atoms with van der Waals surface area (Å²) in [6.45, 7) is 0.150. The molecule has 0 bridgehead atoms. The molecule has 2 heterocycles. The fourth-order valence-corrected chi connectivity index (χ4v) is 3.10. The van der Waals surface area contributed by atoms with Crippen molar-refractivity contribution in [3.63, 3.8) is 0 Å². The molecule has 1 aromatic heterocycles. The van der Waals surface area contributed by atoms with Crippen LogP contribution in [-0.2, 0) is 11.3 Å². The Kier molecular flexibility index (Phi) is 4.29. The van der Waals surface area contributed by atoms with Crippen molar-refractivity contribution < 1.29 is 14.0 Å². The predicted octanol–water partition coefficient (Wildman–Crippen LogP) is 4.82. The number of hydrogen-bond donors (Lipinski definition) is 0. The SMILES string of the molecule is O=C1S/C(=C/c2ccco2)C(=O)N1Cc1ccc(Cl)c(Cl)c1. The summed E-state index contributed by atoms with van der Waals surface area (Å²) in [5, 5.41) is 0.489. The van der Waals surface area contributed by atoms with Gasteiger partial charge in [-0.3, -0.25) is 14.5 Å². The predicted molar refractivity (Wildman–Crippen MR) is 86.7 cm³/mol. The summed E-state index contributed by atoms with van der Waals surface area (Å²) in [5.74, 6) is 0.178. The fraction of sp³-hybridized carbons (Fsp3) is 0.0667. The van der Waals surface area contributed by atoms with Crippen molar-refractivity contribution in [2.24, 2.45) is 0 Å². The number of furan rings is 1. The maximum absolute atomic E-state index is 12.3. The number of nitrogens with zero attached hydrogens (tertiary/aromatic N) is 1. The van der Waals surface area contributed by atoms with Gasteiger partial charge in [-0.05, 0) is 41.6 Å². The van der Waals surface area contributed by atoms with E-state index in [9.17, 15) is 9.59 Å². The third-order valence-electron chi connectivity index (χ3n) is 3.01. The van der Waals surface area contributed by atoms with Gasteiger partial charge in [-0.2, -0.15) is 0 Å². The first-order valence-corrected chi connectivity index (χ1v) is 7.84. The second-order valence-electron chi connectivity index (χ2n) is 4.53. The molecule has 22 heavy (non-hydrogen) atoms. The molecule has 0 radical (unpaired) electrons. The van der Waals surface area contributed by atoms with E-state index in [0.717, 1.165) is 17.3 Å². The molecule has 4 nitrogen and oxygen atoms in total. The first kappa shape index (κ1) is 15.2. The van der Waals surface area contributed by atoms with E-state index in [-0.39, 0.29) is 17.7 Å². The molecule has 2 amide bonds. The van der Waals surface area contributed by atoms with Crippen molar-refractivity contribution >= 4 is 52.2 Å². The van der Waals surface area contributed by atoms with Crippen LogP contribution in [-0.4, -0.2) is 16.0 Å². The highest BCUT2D eigenvalue weighted by Crippen LogP contribution is 2.34. The molecule has 1 saturated heterocycles. The van der Waals surface area contributed by atoms with E-state index < -0.39 is 0 Å². The molecule has 1 aliphatic rings. The summed E-state index contributed by atoms with van der Waals surface area (Å²) >= 11 is 12.7. The smallest absolute Gasteiger partial charge is 0.293 e. The molecule has 2 aromatic rings. The van der Waals surface area contributed by atoms with Crippen molar-refractivity contribution in [3.8, 4) is 0 Å². The van der Waals surface area contributed by atoms with Crippen molar-refractivity contribution in [2.45, 2.75) is 6.54 Å². The zero-order chi connectivity index (χ0) is 15.7. The van der Waals surface area contributed by atoms with Gasteiger partial charge in [-0.15, -0.1) is 0 Å². The summed E-state index contributed by atoms with van der Waals surface area (Å²) in [4.78, 5) is 25.8. The lowest BCUT2D eigenvalue weighted by Gasteiger charge is -2.12. The number of benzene rings is 1. The number of hydrogen-bond acceptors (Lipinski definition) is 4. The average molecular weight is 354 g/mol. The Labute approximate surface area is 140 Å². The minimum absolute atomic E-state index is 0.150. The van der Waals surface area contributed by atoms with Crippen LogP contribution in [0.3, 0.4) is 0 Å². The third-order valence-corrected chi connectivity index (χ3v) is 4.66. The second kappa shape index (κ2) is 6.20. The van der Waals surface area contributed by atoms with E-state index >= 15 is 0 Å². The number of rotatable bonds is 3. The second-order valence-corrected chi connectivity index (χ2v) is 6.34. The van der Waals surface area contributed by atoms with Gasteiger partial charge in [0.1, 0.15) is 5.76 Å². The summed E-state index contributed by atoms with van der Waals surface area (Å²) in [7, 11) is 0. The molecular formula is C15H9Cl2NO3S. The topological polar surface area (TPSA) is 50.5 Å². The normalized spacial score (nSPS) is 16.8. The highest BCUT2D eigenvalue weighted by atomic mass is 35.5. The lowest BCUT2D eigenvalue weighted by Crippen LogP contribution is -2.27. The van der Waals surface area contributed by atoms with Gasteiger partial charge in [-0.25, -0.2) is 0 Å². The van der Waals surface area contributed by atoms with Gasteiger partial charge in [0.15, 0.2) is 0 Å². The third kappa shape index (κ3) is 3.06. The Bertz CT molecular complexity index is 771. The Morgan fingerprint density at radius 2 is 2.00 bits per heavy atom. The molecule has 0 saturated carbocycles. The quantitative estimate of drug-likeness (QED) is 0.742. The Morgan fingerprint density at radius 3 is 2.68 bits per heavy atom. The first-order valence-electron chi connectivity index (χ1n) is 6.27. The minimum atomic E-state index is -0.350. The van der Waals surface area contributed by atoms with E-state index in [1.807, 2.05) is 0 Å². The maximum Gasteiger partial charge on any atom is 0.293 e. The maximum atomic E-state index is 12.3. The molecule has 0 aliphatic carbocycles. The number of carbonyl (C=O) groups excluding carboxylic acids is 2. The minimum Gasteiger partial charge on any atom is -0.465 e. The molecule has 0 unspecified atom stereocenters. The summed E-state index contributed by atoms with van der Waals surface area (Å²) < 4.78 is 5.16. The average Bonchev–Trinajstić information content (AvgIpc) is 3.07. The summed E-state index contributed by atoms with van der Waals surface area (Å²) in [6, 6.07) is 8.44. The zero-order valence-electron chi connectivity index (χ0n) is 11.1. The lowest BCUT2D eigenvalue weighted by atomic mass is 10.2. The van der Waals surface area contributed by atoms with Gasteiger partial charge in [0, 0.05) is 6.08 Å². The van der Waals surface area contributed by atoms with Crippen molar-refractivity contribution in [1.82, 2.24) is 4.90 Å². The van der Waals surface area contributed by atoms with Gasteiger partial charge in [0.2, 0.25) is 0 Å². The van der Waals surface area contributed by atoms with Crippen molar-refractivity contribution in [3.05, 3.63) is 62.9 Å². The molecule has 0 N–H and O–H groups in total. The van der Waals surface area contributed by atoms with Gasteiger partial charge >= 0.3 is 0 Å². The first-order chi connectivity index (χ1) is 10.5. The van der Waals surface area contributed by atoms with E-state index in [2.05, 4.69) is 0 Å². The van der Waals surface area contributed by atoms with Crippen molar-refractivity contribution in [2.75, 3.05) is 0 Å². The van der Waals surface area contributed by atoms with Crippen molar-refractivity contribution in [1.29, 1.82) is 0 Å². The van der Waals surface area contributed by atoms with Crippen LogP contribution >= 0.6 is 35.0 Å². The van der Waals surface area contributed by atoms with E-state index in [4.69, 9.17) is 27.6 Å². The molecular weight excluding hydrogens is 345 g/mol. The molecule has 112 valence electrons. The van der Waals surface area contributed by atoms with Crippen LogP contribution in [0.15, 0.2) is 45.9 Å². The van der Waals surface area contributed by atoms with E-state index in [1.165, 1.54) is 11.2 Å². The molecule has 3 rings (SSSR count). The summed E-state index contributed by atoms with van der Waals surface area (Å²) in [5.41, 5.74) is 0.732. The standard InChI is InChI=1S/C15H9Cl2NO3S/c16-11-4-3-9(6-12(11)17)8-18-14(19)13(22-15(18)20)7-10-2-1-5-21-10/h1-7H,8H2/b13-7+. The van der Waals surface area contributed by atoms with Gasteiger partial charge in [0.25, 0.3) is 11.1 Å². The van der Waals surface area contributed by atoms with Gasteiger partial charge in [0.05, 0.1) is 27.8 Å². The number of imide groups is 1.